The van der Waals surface area contributed by atoms with Gasteiger partial charge in [-0.15, -0.1) is 0 Å². The minimum absolute atomic E-state index is 0.0144. The molecule has 0 aliphatic rings. The average Bonchev–Trinajstić information content (AvgIpc) is 2.48. The predicted molar refractivity (Wildman–Crippen MR) is 76.9 cm³/mol. The van der Waals surface area contributed by atoms with E-state index in [9.17, 15) is 14.9 Å². The summed E-state index contributed by atoms with van der Waals surface area (Å²) in [7, 11) is 1.52. The van der Waals surface area contributed by atoms with Crippen LogP contribution in [0.3, 0.4) is 0 Å². The van der Waals surface area contributed by atoms with Gasteiger partial charge in [-0.05, 0) is 18.2 Å². The lowest BCUT2D eigenvalue weighted by atomic mass is 10.1. The van der Waals surface area contributed by atoms with Crippen molar-refractivity contribution in [2.75, 3.05) is 19.5 Å². The van der Waals surface area contributed by atoms with Crippen molar-refractivity contribution in [2.45, 2.75) is 6.54 Å². The van der Waals surface area contributed by atoms with Crippen LogP contribution in [-0.2, 0) is 11.3 Å². The fourth-order valence-corrected chi connectivity index (χ4v) is 1.79. The molecule has 1 heterocycles. The number of ether oxygens (including phenoxy) is 1. The first kappa shape index (κ1) is 14.7. The van der Waals surface area contributed by atoms with E-state index in [1.807, 2.05) is 0 Å². The lowest BCUT2D eigenvalue weighted by Gasteiger charge is -2.08. The number of nitrogens with two attached hydrogens (primary N) is 1. The molecule has 8 heteroatoms. The van der Waals surface area contributed by atoms with Gasteiger partial charge in [0.15, 0.2) is 0 Å². The van der Waals surface area contributed by atoms with E-state index in [2.05, 4.69) is 5.10 Å². The monoisotopic (exact) mass is 290 g/mol. The maximum absolute atomic E-state index is 11.8. The SMILES string of the molecule is COCCn1nc(-c2ccc([N+](=O)[O-])cc2)cc(N)c1=O. The van der Waals surface area contributed by atoms with Crippen LogP contribution in [0.4, 0.5) is 11.4 Å². The molecule has 1 aromatic heterocycles. The zero-order chi connectivity index (χ0) is 15.4. The highest BCUT2D eigenvalue weighted by molar-refractivity contribution is 5.63. The first-order valence-corrected chi connectivity index (χ1v) is 6.14. The lowest BCUT2D eigenvalue weighted by Crippen LogP contribution is -2.27. The molecule has 1 aromatic carbocycles. The average molecular weight is 290 g/mol. The molecule has 110 valence electrons. The zero-order valence-electron chi connectivity index (χ0n) is 11.4. The summed E-state index contributed by atoms with van der Waals surface area (Å²) in [5.74, 6) is 0. The number of methoxy groups -OCH3 is 1. The van der Waals surface area contributed by atoms with Gasteiger partial charge >= 0.3 is 0 Å². The van der Waals surface area contributed by atoms with E-state index in [1.165, 1.54) is 30.0 Å². The van der Waals surface area contributed by atoms with E-state index >= 15 is 0 Å². The molecule has 0 bridgehead atoms. The minimum atomic E-state index is -0.481. The smallest absolute Gasteiger partial charge is 0.289 e. The quantitative estimate of drug-likeness (QED) is 0.650. The third-order valence-corrected chi connectivity index (χ3v) is 2.88. The van der Waals surface area contributed by atoms with E-state index < -0.39 is 10.5 Å². The van der Waals surface area contributed by atoms with E-state index in [0.717, 1.165) is 0 Å². The summed E-state index contributed by atoms with van der Waals surface area (Å²) in [6, 6.07) is 7.32. The Kier molecular flexibility index (Phi) is 4.29. The van der Waals surface area contributed by atoms with Gasteiger partial charge in [0.1, 0.15) is 5.69 Å². The molecular weight excluding hydrogens is 276 g/mol. The van der Waals surface area contributed by atoms with Crippen LogP contribution in [0, 0.1) is 10.1 Å². The summed E-state index contributed by atoms with van der Waals surface area (Å²) in [4.78, 5) is 22.0. The van der Waals surface area contributed by atoms with Crippen molar-refractivity contribution < 1.29 is 9.66 Å². The van der Waals surface area contributed by atoms with Crippen molar-refractivity contribution in [3.63, 3.8) is 0 Å². The van der Waals surface area contributed by atoms with E-state index in [1.54, 1.807) is 12.1 Å². The van der Waals surface area contributed by atoms with Gasteiger partial charge in [0.25, 0.3) is 11.2 Å². The largest absolute Gasteiger partial charge is 0.394 e. The highest BCUT2D eigenvalue weighted by Gasteiger charge is 2.10. The van der Waals surface area contributed by atoms with Crippen molar-refractivity contribution in [3.8, 4) is 11.3 Å². The Labute approximate surface area is 119 Å². The third-order valence-electron chi connectivity index (χ3n) is 2.88. The summed E-state index contributed by atoms with van der Waals surface area (Å²) < 4.78 is 6.13. The second-order valence-electron chi connectivity index (χ2n) is 4.31. The zero-order valence-corrected chi connectivity index (χ0v) is 11.4. The maximum atomic E-state index is 11.8. The standard InChI is InChI=1S/C13H14N4O4/c1-21-7-6-16-13(18)11(14)8-12(15-16)9-2-4-10(5-3-9)17(19)20/h2-5,8H,6-7,14H2,1H3. The van der Waals surface area contributed by atoms with Crippen LogP contribution in [0.15, 0.2) is 35.1 Å². The van der Waals surface area contributed by atoms with Crippen LogP contribution < -0.4 is 11.3 Å². The number of hydrogen-bond donors (Lipinski definition) is 1. The van der Waals surface area contributed by atoms with E-state index in [4.69, 9.17) is 10.5 Å². The highest BCUT2D eigenvalue weighted by atomic mass is 16.6. The molecule has 0 saturated carbocycles. The normalized spacial score (nSPS) is 10.5. The predicted octanol–water partition coefficient (Wildman–Crippen LogP) is 1.05. The van der Waals surface area contributed by atoms with Crippen molar-refractivity contribution in [1.29, 1.82) is 0 Å². The molecule has 0 radical (unpaired) electrons. The highest BCUT2D eigenvalue weighted by Crippen LogP contribution is 2.20. The van der Waals surface area contributed by atoms with Gasteiger partial charge in [0.05, 0.1) is 23.8 Å². The van der Waals surface area contributed by atoms with Crippen LogP contribution in [0.1, 0.15) is 0 Å². The van der Waals surface area contributed by atoms with Crippen LogP contribution in [-0.4, -0.2) is 28.4 Å². The Morgan fingerprint density at radius 3 is 2.62 bits per heavy atom. The second-order valence-corrected chi connectivity index (χ2v) is 4.31. The Bertz CT molecular complexity index is 709. The molecular formula is C13H14N4O4. The van der Waals surface area contributed by atoms with Gasteiger partial charge < -0.3 is 10.5 Å². The molecule has 0 unspecified atom stereocenters. The molecule has 0 amide bonds. The number of benzene rings is 1. The molecule has 0 fully saturated rings. The number of aromatic nitrogens is 2. The molecule has 0 spiro atoms. The molecule has 0 aliphatic heterocycles. The Balaban J connectivity index is 2.41. The molecule has 2 aromatic rings. The number of anilines is 1. The summed E-state index contributed by atoms with van der Waals surface area (Å²) in [6.07, 6.45) is 0. The fourth-order valence-electron chi connectivity index (χ4n) is 1.79. The van der Waals surface area contributed by atoms with E-state index in [-0.39, 0.29) is 17.9 Å². The van der Waals surface area contributed by atoms with Crippen molar-refractivity contribution >= 4 is 11.4 Å². The van der Waals surface area contributed by atoms with Crippen LogP contribution in [0.2, 0.25) is 0 Å². The number of nitrogens with zero attached hydrogens (tertiary/aromatic N) is 3. The van der Waals surface area contributed by atoms with Gasteiger partial charge in [0, 0.05) is 24.8 Å². The molecule has 2 N–H and O–H groups in total. The Hall–Kier alpha value is -2.74. The topological polar surface area (TPSA) is 113 Å². The van der Waals surface area contributed by atoms with E-state index in [0.29, 0.717) is 17.9 Å². The first-order valence-electron chi connectivity index (χ1n) is 6.14. The Morgan fingerprint density at radius 2 is 2.05 bits per heavy atom. The molecule has 21 heavy (non-hydrogen) atoms. The van der Waals surface area contributed by atoms with Crippen LogP contribution in [0.5, 0.6) is 0 Å². The van der Waals surface area contributed by atoms with Gasteiger partial charge in [-0.1, -0.05) is 0 Å². The summed E-state index contributed by atoms with van der Waals surface area (Å²) in [5, 5.41) is 14.8. The fraction of sp³-hybridized carbons (Fsp3) is 0.231. The number of nitrogen functional groups attached to an aromatic ring is 1. The molecule has 0 aliphatic carbocycles. The summed E-state index contributed by atoms with van der Waals surface area (Å²) in [5.41, 5.74) is 6.45. The van der Waals surface area contributed by atoms with Crippen molar-refractivity contribution in [3.05, 3.63) is 50.8 Å². The van der Waals surface area contributed by atoms with Gasteiger partial charge in [-0.2, -0.15) is 5.10 Å². The maximum Gasteiger partial charge on any atom is 0.289 e. The number of nitro benzene ring substituents is 1. The number of hydrogen-bond acceptors (Lipinski definition) is 6. The van der Waals surface area contributed by atoms with Crippen LogP contribution in [0.25, 0.3) is 11.3 Å². The van der Waals surface area contributed by atoms with Crippen molar-refractivity contribution in [1.82, 2.24) is 9.78 Å². The third kappa shape index (κ3) is 3.23. The molecule has 8 nitrogen and oxygen atoms in total. The number of non-ortho nitro benzene ring substituents is 1. The van der Waals surface area contributed by atoms with Gasteiger partial charge in [0.2, 0.25) is 0 Å². The van der Waals surface area contributed by atoms with Gasteiger partial charge in [-0.3, -0.25) is 14.9 Å². The lowest BCUT2D eigenvalue weighted by molar-refractivity contribution is -0.384. The first-order chi connectivity index (χ1) is 10.0. The molecule has 0 atom stereocenters. The van der Waals surface area contributed by atoms with Gasteiger partial charge in [-0.25, -0.2) is 4.68 Å². The minimum Gasteiger partial charge on any atom is -0.394 e. The summed E-state index contributed by atoms with van der Waals surface area (Å²) in [6.45, 7) is 0.608. The van der Waals surface area contributed by atoms with Crippen molar-refractivity contribution in [2.24, 2.45) is 0 Å². The number of nitro groups is 1. The Morgan fingerprint density at radius 1 is 1.38 bits per heavy atom. The number of rotatable bonds is 5. The second kappa shape index (κ2) is 6.14. The summed E-state index contributed by atoms with van der Waals surface area (Å²) >= 11 is 0. The molecule has 0 saturated heterocycles. The molecule has 2 rings (SSSR count). The van der Waals surface area contributed by atoms with Crippen LogP contribution >= 0.6 is 0 Å².